The van der Waals surface area contributed by atoms with Crippen LogP contribution in [0.25, 0.3) is 0 Å². The van der Waals surface area contributed by atoms with Crippen molar-refractivity contribution in [3.8, 4) is 0 Å². The number of nitrogens with zero attached hydrogens (tertiary/aromatic N) is 1. The molecular weight excluding hydrogens is 311 g/mol. The van der Waals surface area contributed by atoms with Gasteiger partial charge in [0, 0.05) is 28.4 Å². The minimum Gasteiger partial charge on any atom is -0.393 e. The number of hydrogen-bond acceptors (Lipinski definition) is 2. The van der Waals surface area contributed by atoms with E-state index >= 15 is 0 Å². The molecule has 1 saturated heterocycles. The molecule has 0 spiro atoms. The molecule has 0 radical (unpaired) electrons. The van der Waals surface area contributed by atoms with E-state index in [-0.39, 0.29) is 17.6 Å². The molecule has 1 heterocycles. The van der Waals surface area contributed by atoms with E-state index in [0.717, 1.165) is 43.6 Å². The zero-order valence-electron chi connectivity index (χ0n) is 16.5. The zero-order valence-corrected chi connectivity index (χ0v) is 16.5. The van der Waals surface area contributed by atoms with Gasteiger partial charge in [-0.05, 0) is 73.5 Å². The second kappa shape index (κ2) is 6.32. The van der Waals surface area contributed by atoms with Crippen LogP contribution in [-0.2, 0) is 0 Å². The molecule has 0 bridgehead atoms. The van der Waals surface area contributed by atoms with Gasteiger partial charge in [0.25, 0.3) is 0 Å². The molecule has 1 N–H and O–H groups in total. The lowest BCUT2D eigenvalue weighted by atomic mass is 9.46. The third-order valence-corrected chi connectivity index (χ3v) is 9.39. The van der Waals surface area contributed by atoms with Gasteiger partial charge in [0.05, 0.1) is 6.10 Å². The van der Waals surface area contributed by atoms with Crippen LogP contribution >= 0.6 is 0 Å². The molecule has 4 aliphatic rings. The maximum atomic E-state index is 12.6. The highest BCUT2D eigenvalue weighted by molar-refractivity contribution is 5.09. The summed E-state index contributed by atoms with van der Waals surface area (Å²) in [6.45, 7) is 7.91. The van der Waals surface area contributed by atoms with Crippen molar-refractivity contribution in [1.29, 1.82) is 0 Å². The molecule has 0 aromatic heterocycles. The van der Waals surface area contributed by atoms with Crippen LogP contribution in [0.4, 0.5) is 0 Å². The molecule has 25 heavy (non-hydrogen) atoms. The molecule has 3 saturated carbocycles. The number of unbranched alkanes of at least 4 members (excludes halogenated alkanes) is 1. The Morgan fingerprint density at radius 3 is 2.56 bits per heavy atom. The van der Waals surface area contributed by atoms with Crippen LogP contribution in [0.3, 0.4) is 0 Å². The topological polar surface area (TPSA) is 40.3 Å². The van der Waals surface area contributed by atoms with Crippen LogP contribution in [0.5, 0.6) is 0 Å². The molecule has 4 fully saturated rings. The van der Waals surface area contributed by atoms with Gasteiger partial charge in [-0.3, -0.25) is 0 Å². The monoisotopic (exact) mass is 349 g/mol. The Kier molecular flexibility index (Phi) is 4.54. The Hall–Kier alpha value is -0.440. The van der Waals surface area contributed by atoms with Gasteiger partial charge in [0.1, 0.15) is 0 Å². The largest absolute Gasteiger partial charge is 0.393 e. The molecule has 4 rings (SSSR count). The fourth-order valence-electron chi connectivity index (χ4n) is 7.79. The Labute approximate surface area is 153 Å². The third-order valence-electron chi connectivity index (χ3n) is 9.39. The fraction of sp³-hybridized carbons (Fsp3) is 1.00. The molecule has 8 atom stereocenters. The van der Waals surface area contributed by atoms with Crippen LogP contribution in [-0.4, -0.2) is 28.6 Å². The summed E-state index contributed by atoms with van der Waals surface area (Å²) < 4.78 is 1.45. The van der Waals surface area contributed by atoms with Gasteiger partial charge in [-0.15, -0.1) is 0 Å². The predicted octanol–water partition coefficient (Wildman–Crippen LogP) is 4.95. The lowest BCUT2D eigenvalue weighted by Gasteiger charge is -2.59. The van der Waals surface area contributed by atoms with E-state index in [1.807, 2.05) is 0 Å². The van der Waals surface area contributed by atoms with Gasteiger partial charge in [0.2, 0.25) is 6.04 Å². The van der Waals surface area contributed by atoms with Crippen molar-refractivity contribution in [1.82, 2.24) is 0 Å². The highest BCUT2D eigenvalue weighted by atomic mass is 17.2. The normalized spacial score (nSPS) is 52.4. The highest BCUT2D eigenvalue weighted by Gasteiger charge is 2.62. The van der Waals surface area contributed by atoms with Crippen molar-refractivity contribution >= 4 is 0 Å². The number of aliphatic hydroxyl groups is 1. The summed E-state index contributed by atoms with van der Waals surface area (Å²) in [4.78, 5) is 12.6. The number of aliphatic hydroxyl groups excluding tert-OH is 1. The summed E-state index contributed by atoms with van der Waals surface area (Å²) in [5, 5.41) is 10.6. The van der Waals surface area contributed by atoms with Crippen molar-refractivity contribution in [2.24, 2.45) is 34.5 Å². The molecule has 142 valence electrons. The smallest absolute Gasteiger partial charge is 0.201 e. The Morgan fingerprint density at radius 1 is 1.04 bits per heavy atom. The fourth-order valence-corrected chi connectivity index (χ4v) is 7.79. The van der Waals surface area contributed by atoms with Gasteiger partial charge in [-0.1, -0.05) is 27.2 Å². The molecule has 1 aliphatic heterocycles. The maximum absolute atomic E-state index is 12.6. The van der Waals surface area contributed by atoms with Gasteiger partial charge >= 0.3 is 0 Å². The molecule has 2 unspecified atom stereocenters. The summed E-state index contributed by atoms with van der Waals surface area (Å²) in [5.41, 5.74) is 0.530. The first-order valence-corrected chi connectivity index (χ1v) is 11.0. The average molecular weight is 350 g/mol. The van der Waals surface area contributed by atoms with E-state index in [9.17, 15) is 10.0 Å². The molecule has 3 heteroatoms. The molecule has 3 aliphatic carbocycles. The predicted molar refractivity (Wildman–Crippen MR) is 100 cm³/mol. The molecule has 0 aromatic rings. The lowest BCUT2D eigenvalue weighted by molar-refractivity contribution is -0.615. The molecule has 0 amide bonds. The number of fused-ring (bicyclic) bond motifs is 5. The quantitative estimate of drug-likeness (QED) is 0.733. The van der Waals surface area contributed by atoms with Gasteiger partial charge in [-0.2, -0.15) is 0 Å². The number of rotatable bonds is 3. The minimum absolute atomic E-state index is 0.0789. The SMILES string of the molecule is CCCCC1C[C@@]2(C)[C@@H](CC[C@@H]3[C@@H]2CC[C@]2(C)C([17OH])CC[C@@H]32)C[N+]1=O. The van der Waals surface area contributed by atoms with Crippen LogP contribution in [0.1, 0.15) is 85.0 Å². The van der Waals surface area contributed by atoms with Crippen molar-refractivity contribution in [2.45, 2.75) is 97.1 Å². The standard InChI is InChI=1S/C22H38NO2/c1-4-5-6-16-13-22(3)15(14-23(16)25)7-8-17-18-9-10-20(24)21(18,2)12-11-19(17)22/h15-20,24H,4-14H2,1-3H3/q+1/t15-,16?,17-,18-,19-,20?,21-,22-/m0/s1/i24+1. The molecule has 3 nitrogen and oxygen atoms in total. The third kappa shape index (κ3) is 2.63. The van der Waals surface area contributed by atoms with Crippen LogP contribution in [0.2, 0.25) is 0 Å². The van der Waals surface area contributed by atoms with E-state index < -0.39 is 0 Å². The lowest BCUT2D eigenvalue weighted by Crippen LogP contribution is -2.58. The first-order chi connectivity index (χ1) is 11.9. The second-order valence-corrected chi connectivity index (χ2v) is 10.4. The van der Waals surface area contributed by atoms with E-state index in [0.29, 0.717) is 11.3 Å². The molecule has 0 aromatic carbocycles. The van der Waals surface area contributed by atoms with Crippen molar-refractivity contribution < 1.29 is 9.87 Å². The summed E-state index contributed by atoms with van der Waals surface area (Å²) in [7, 11) is 0. The van der Waals surface area contributed by atoms with E-state index in [1.165, 1.54) is 49.7 Å². The van der Waals surface area contributed by atoms with Crippen LogP contribution in [0, 0.1) is 39.4 Å². The van der Waals surface area contributed by atoms with Crippen LogP contribution in [0.15, 0.2) is 0 Å². The zero-order chi connectivity index (χ0) is 17.8. The number of hydrogen-bond donors (Lipinski definition) is 1. The van der Waals surface area contributed by atoms with Crippen molar-refractivity contribution in [2.75, 3.05) is 6.54 Å². The molecular formula is C22H38NO2+. The highest BCUT2D eigenvalue weighted by Crippen LogP contribution is 2.65. The van der Waals surface area contributed by atoms with Gasteiger partial charge < -0.3 is 5.11 Å². The summed E-state index contributed by atoms with van der Waals surface area (Å²) in [6.07, 6.45) is 11.7. The Balaban J connectivity index is 1.58. The van der Waals surface area contributed by atoms with Crippen molar-refractivity contribution in [3.05, 3.63) is 4.91 Å². The Morgan fingerprint density at radius 2 is 1.80 bits per heavy atom. The van der Waals surface area contributed by atoms with Gasteiger partial charge in [0.15, 0.2) is 6.54 Å². The summed E-state index contributed by atoms with van der Waals surface area (Å²) >= 11 is 0. The minimum atomic E-state index is -0.0789. The van der Waals surface area contributed by atoms with Crippen LogP contribution < -0.4 is 0 Å². The summed E-state index contributed by atoms with van der Waals surface area (Å²) in [5.74, 6) is 2.90. The Bertz CT molecular complexity index is 534. The average Bonchev–Trinajstić information content (AvgIpc) is 2.89. The van der Waals surface area contributed by atoms with E-state index in [1.54, 1.807) is 0 Å². The second-order valence-electron chi connectivity index (χ2n) is 10.4. The van der Waals surface area contributed by atoms with E-state index in [4.69, 9.17) is 0 Å². The number of nitroso groups, excluding NO2 is 1. The number of piperidine rings is 1. The first kappa shape index (κ1) is 17.9. The summed E-state index contributed by atoms with van der Waals surface area (Å²) in [6, 6.07) is 0.252. The van der Waals surface area contributed by atoms with Gasteiger partial charge in [-0.25, -0.2) is 0 Å². The maximum Gasteiger partial charge on any atom is 0.201 e. The van der Waals surface area contributed by atoms with Crippen molar-refractivity contribution in [3.63, 3.8) is 0 Å². The first-order valence-electron chi connectivity index (χ1n) is 11.0. The van der Waals surface area contributed by atoms with E-state index in [2.05, 4.69) is 20.8 Å².